The van der Waals surface area contributed by atoms with E-state index in [0.717, 1.165) is 42.3 Å². The minimum Gasteiger partial charge on any atom is -0.320 e. The fraction of sp³-hybridized carbons (Fsp3) is 0.500. The van der Waals surface area contributed by atoms with Crippen molar-refractivity contribution in [3.05, 3.63) is 35.1 Å². The highest BCUT2D eigenvalue weighted by Gasteiger charge is 2.04. The number of nitrogens with zero attached hydrogens (tertiary/aromatic N) is 1. The predicted octanol–water partition coefficient (Wildman–Crippen LogP) is 2.71. The van der Waals surface area contributed by atoms with Gasteiger partial charge < -0.3 is 10.6 Å². The van der Waals surface area contributed by atoms with Crippen LogP contribution in [0, 0.1) is 17.7 Å². The Bertz CT molecular complexity index is 461. The molecule has 0 radical (unpaired) electrons. The highest BCUT2D eigenvalue weighted by Crippen LogP contribution is 2.17. The summed E-state index contributed by atoms with van der Waals surface area (Å²) in [5.41, 5.74) is 7.21. The van der Waals surface area contributed by atoms with Gasteiger partial charge in [0.25, 0.3) is 0 Å². The topological polar surface area (TPSA) is 29.3 Å². The number of hydrogen-bond donors (Lipinski definition) is 1. The van der Waals surface area contributed by atoms with Gasteiger partial charge in [0.05, 0.1) is 6.54 Å². The summed E-state index contributed by atoms with van der Waals surface area (Å²) in [5.74, 6) is 7.42. The van der Waals surface area contributed by atoms with Gasteiger partial charge in [0.15, 0.2) is 0 Å². The van der Waals surface area contributed by atoms with Crippen molar-refractivity contribution in [2.24, 2.45) is 5.73 Å². The van der Waals surface area contributed by atoms with E-state index in [4.69, 9.17) is 5.73 Å². The largest absolute Gasteiger partial charge is 0.320 e. The fourth-order valence-corrected chi connectivity index (χ4v) is 2.86. The number of benzene rings is 1. The molecular weight excluding hydrogens is 271 g/mol. The van der Waals surface area contributed by atoms with E-state index in [-0.39, 0.29) is 5.82 Å². The second kappa shape index (κ2) is 9.82. The Morgan fingerprint density at radius 3 is 2.70 bits per heavy atom. The first kappa shape index (κ1) is 17.0. The van der Waals surface area contributed by atoms with Gasteiger partial charge in [0.1, 0.15) is 5.82 Å². The van der Waals surface area contributed by atoms with Crippen molar-refractivity contribution in [1.82, 2.24) is 4.90 Å². The lowest BCUT2D eigenvalue weighted by Crippen LogP contribution is -2.25. The Hall–Kier alpha value is -1.02. The lowest BCUT2D eigenvalue weighted by Gasteiger charge is -2.17. The Morgan fingerprint density at radius 1 is 1.30 bits per heavy atom. The van der Waals surface area contributed by atoms with Crippen LogP contribution in [-0.4, -0.2) is 36.8 Å². The molecule has 1 rings (SSSR count). The molecule has 0 aliphatic rings. The molecular formula is C16H23FN2S. The maximum Gasteiger partial charge on any atom is 0.124 e. The molecule has 1 aromatic rings. The van der Waals surface area contributed by atoms with Gasteiger partial charge in [-0.2, -0.15) is 11.8 Å². The van der Waals surface area contributed by atoms with E-state index >= 15 is 0 Å². The van der Waals surface area contributed by atoms with Crippen LogP contribution in [0.5, 0.6) is 0 Å². The molecule has 0 aliphatic heterocycles. The zero-order valence-electron chi connectivity index (χ0n) is 12.3. The first-order valence-electron chi connectivity index (χ1n) is 6.98. The predicted molar refractivity (Wildman–Crippen MR) is 86.3 cm³/mol. The van der Waals surface area contributed by atoms with Gasteiger partial charge in [-0.25, -0.2) is 4.39 Å². The third-order valence-corrected chi connectivity index (χ3v) is 4.09. The average molecular weight is 294 g/mol. The lowest BCUT2D eigenvalue weighted by molar-refractivity contribution is 0.324. The summed E-state index contributed by atoms with van der Waals surface area (Å²) in [4.78, 5) is 2.40. The Morgan fingerprint density at radius 2 is 2.05 bits per heavy atom. The van der Waals surface area contributed by atoms with E-state index < -0.39 is 0 Å². The van der Waals surface area contributed by atoms with E-state index in [1.54, 1.807) is 0 Å². The number of rotatable bonds is 7. The van der Waals surface area contributed by atoms with Crippen LogP contribution in [-0.2, 0) is 5.75 Å². The van der Waals surface area contributed by atoms with Gasteiger partial charge in [-0.1, -0.05) is 31.8 Å². The summed E-state index contributed by atoms with van der Waals surface area (Å²) in [6.07, 6.45) is 0. The van der Waals surface area contributed by atoms with Crippen LogP contribution in [0.4, 0.5) is 4.39 Å². The van der Waals surface area contributed by atoms with E-state index in [0.29, 0.717) is 6.54 Å². The monoisotopic (exact) mass is 294 g/mol. The molecule has 0 bridgehead atoms. The molecule has 1 aromatic carbocycles. The van der Waals surface area contributed by atoms with Crippen LogP contribution in [0.25, 0.3) is 0 Å². The molecule has 0 saturated heterocycles. The zero-order valence-corrected chi connectivity index (χ0v) is 13.1. The molecule has 0 heterocycles. The van der Waals surface area contributed by atoms with Crippen LogP contribution in [0.1, 0.15) is 25.0 Å². The van der Waals surface area contributed by atoms with Crippen LogP contribution < -0.4 is 5.73 Å². The van der Waals surface area contributed by atoms with E-state index in [1.165, 1.54) is 12.1 Å². The second-order valence-electron chi connectivity index (χ2n) is 4.39. The molecule has 4 heteroatoms. The highest BCUT2D eigenvalue weighted by molar-refractivity contribution is 7.98. The number of hydrogen-bond acceptors (Lipinski definition) is 3. The molecule has 0 atom stereocenters. The normalized spacial score (nSPS) is 10.4. The number of nitrogens with two attached hydrogens (primary N) is 1. The van der Waals surface area contributed by atoms with Crippen LogP contribution in [0.3, 0.4) is 0 Å². The van der Waals surface area contributed by atoms with Gasteiger partial charge in [0.2, 0.25) is 0 Å². The van der Waals surface area contributed by atoms with Gasteiger partial charge in [-0.15, -0.1) is 0 Å². The molecule has 0 amide bonds. The first-order valence-corrected chi connectivity index (χ1v) is 8.14. The Kier molecular flexibility index (Phi) is 8.36. The lowest BCUT2D eigenvalue weighted by atomic mass is 10.1. The molecule has 20 heavy (non-hydrogen) atoms. The zero-order chi connectivity index (χ0) is 14.8. The van der Waals surface area contributed by atoms with Crippen LogP contribution in [0.15, 0.2) is 18.2 Å². The Labute approximate surface area is 125 Å². The summed E-state index contributed by atoms with van der Waals surface area (Å²) in [6, 6.07) is 4.80. The Balaban J connectivity index is 2.55. The highest BCUT2D eigenvalue weighted by atomic mass is 32.2. The van der Waals surface area contributed by atoms with Gasteiger partial charge in [-0.3, -0.25) is 0 Å². The molecule has 110 valence electrons. The standard InChI is InChI=1S/C16H23FN2S/c1-3-19(4-2)10-11-20-13-15-7-8-16(17)12-14(15)6-5-9-18/h7-8,12H,3-4,9-11,13,18H2,1-2H3. The molecule has 0 unspecified atom stereocenters. The van der Waals surface area contributed by atoms with Crippen LogP contribution in [0.2, 0.25) is 0 Å². The number of thioether (sulfide) groups is 1. The maximum atomic E-state index is 13.2. The quantitative estimate of drug-likeness (QED) is 0.619. The van der Waals surface area contributed by atoms with Crippen molar-refractivity contribution in [2.75, 3.05) is 31.9 Å². The third kappa shape index (κ3) is 5.96. The number of halogens is 1. The summed E-state index contributed by atoms with van der Waals surface area (Å²) >= 11 is 1.86. The van der Waals surface area contributed by atoms with Crippen LogP contribution >= 0.6 is 11.8 Å². The van der Waals surface area contributed by atoms with E-state index in [9.17, 15) is 4.39 Å². The molecule has 0 saturated carbocycles. The van der Waals surface area contributed by atoms with Crippen molar-refractivity contribution < 1.29 is 4.39 Å². The smallest absolute Gasteiger partial charge is 0.124 e. The third-order valence-electron chi connectivity index (χ3n) is 3.10. The average Bonchev–Trinajstić information content (AvgIpc) is 2.47. The fourth-order valence-electron chi connectivity index (χ4n) is 1.85. The van der Waals surface area contributed by atoms with Gasteiger partial charge in [-0.05, 0) is 30.8 Å². The van der Waals surface area contributed by atoms with E-state index in [2.05, 4.69) is 30.6 Å². The van der Waals surface area contributed by atoms with Gasteiger partial charge in [0, 0.05) is 23.6 Å². The summed E-state index contributed by atoms with van der Waals surface area (Å²) in [5, 5.41) is 0. The summed E-state index contributed by atoms with van der Waals surface area (Å²) in [6.45, 7) is 7.90. The minimum atomic E-state index is -0.247. The maximum absolute atomic E-state index is 13.2. The molecule has 2 N–H and O–H groups in total. The second-order valence-corrected chi connectivity index (χ2v) is 5.49. The van der Waals surface area contributed by atoms with Crippen molar-refractivity contribution >= 4 is 11.8 Å². The van der Waals surface area contributed by atoms with Crippen molar-refractivity contribution in [3.8, 4) is 11.8 Å². The van der Waals surface area contributed by atoms with E-state index in [1.807, 2.05) is 17.8 Å². The molecule has 0 spiro atoms. The van der Waals surface area contributed by atoms with Crippen molar-refractivity contribution in [2.45, 2.75) is 19.6 Å². The summed E-state index contributed by atoms with van der Waals surface area (Å²) < 4.78 is 13.2. The van der Waals surface area contributed by atoms with Gasteiger partial charge >= 0.3 is 0 Å². The van der Waals surface area contributed by atoms with Crippen molar-refractivity contribution in [1.29, 1.82) is 0 Å². The molecule has 0 fully saturated rings. The molecule has 0 aromatic heterocycles. The SMILES string of the molecule is CCN(CC)CCSCc1ccc(F)cc1C#CCN. The summed E-state index contributed by atoms with van der Waals surface area (Å²) in [7, 11) is 0. The molecule has 2 nitrogen and oxygen atoms in total. The molecule has 0 aliphatic carbocycles. The minimum absolute atomic E-state index is 0.247. The first-order chi connectivity index (χ1) is 9.71. The van der Waals surface area contributed by atoms with Crippen molar-refractivity contribution in [3.63, 3.8) is 0 Å².